The molecule has 1 atom stereocenters. The molecule has 0 spiro atoms. The third-order valence-corrected chi connectivity index (χ3v) is 3.32. The molecule has 1 aromatic rings. The van der Waals surface area contributed by atoms with Crippen molar-refractivity contribution < 1.29 is 9.59 Å². The van der Waals surface area contributed by atoms with Gasteiger partial charge in [0.15, 0.2) is 0 Å². The van der Waals surface area contributed by atoms with Gasteiger partial charge in [0.1, 0.15) is 0 Å². The van der Waals surface area contributed by atoms with Gasteiger partial charge in [0.25, 0.3) is 5.91 Å². The predicted octanol–water partition coefficient (Wildman–Crippen LogP) is 1.60. The van der Waals surface area contributed by atoms with Crippen LogP contribution in [0.4, 0.5) is 5.69 Å². The first-order valence-corrected chi connectivity index (χ1v) is 7.01. The molecule has 1 fully saturated rings. The van der Waals surface area contributed by atoms with Crippen LogP contribution in [0.2, 0.25) is 0 Å². The number of carbonyl (C=O) groups excluding carboxylic acids is 2. The summed E-state index contributed by atoms with van der Waals surface area (Å²) < 4.78 is 0. The lowest BCUT2D eigenvalue weighted by Gasteiger charge is -2.15. The second kappa shape index (κ2) is 6.52. The van der Waals surface area contributed by atoms with Gasteiger partial charge in [0.05, 0.1) is 0 Å². The van der Waals surface area contributed by atoms with Crippen LogP contribution in [-0.2, 0) is 4.79 Å². The topological polar surface area (TPSA) is 75.4 Å². The summed E-state index contributed by atoms with van der Waals surface area (Å²) in [6.45, 7) is 3.47. The smallest absolute Gasteiger partial charge is 0.253 e. The van der Waals surface area contributed by atoms with Gasteiger partial charge in [-0.2, -0.15) is 0 Å². The van der Waals surface area contributed by atoms with Gasteiger partial charge >= 0.3 is 0 Å². The van der Waals surface area contributed by atoms with Crippen LogP contribution in [0.1, 0.15) is 36.5 Å². The molecule has 0 bridgehead atoms. The molecule has 0 aliphatic carbocycles. The SMILES string of the molecule is CC(N)CC(=O)Nc1ccc(C(=O)N2CCCC2)cc1. The molecule has 0 aromatic heterocycles. The van der Waals surface area contributed by atoms with Crippen LogP contribution < -0.4 is 11.1 Å². The Morgan fingerprint density at radius 1 is 1.25 bits per heavy atom. The summed E-state index contributed by atoms with van der Waals surface area (Å²) in [5, 5.41) is 2.77. The first kappa shape index (κ1) is 14.5. The van der Waals surface area contributed by atoms with Crippen LogP contribution in [0.25, 0.3) is 0 Å². The minimum Gasteiger partial charge on any atom is -0.339 e. The molecular weight excluding hydrogens is 254 g/mol. The molecule has 108 valence electrons. The quantitative estimate of drug-likeness (QED) is 0.876. The number of hydrogen-bond acceptors (Lipinski definition) is 3. The van der Waals surface area contributed by atoms with Crippen molar-refractivity contribution in [1.29, 1.82) is 0 Å². The standard InChI is InChI=1S/C15H21N3O2/c1-11(16)10-14(19)17-13-6-4-12(5-7-13)15(20)18-8-2-3-9-18/h4-7,11H,2-3,8-10,16H2,1H3,(H,17,19). The van der Waals surface area contributed by atoms with Crippen LogP contribution in [0, 0.1) is 0 Å². The number of nitrogens with two attached hydrogens (primary N) is 1. The van der Waals surface area contributed by atoms with Gasteiger partial charge in [-0.1, -0.05) is 0 Å². The molecule has 0 radical (unpaired) electrons. The average Bonchev–Trinajstić information content (AvgIpc) is 2.91. The normalized spacial score (nSPS) is 16.0. The number of nitrogens with one attached hydrogen (secondary N) is 1. The van der Waals surface area contributed by atoms with Crippen molar-refractivity contribution in [2.24, 2.45) is 5.73 Å². The molecule has 5 nitrogen and oxygen atoms in total. The minimum absolute atomic E-state index is 0.0657. The first-order chi connectivity index (χ1) is 9.56. The van der Waals surface area contributed by atoms with Crippen LogP contribution in [-0.4, -0.2) is 35.8 Å². The zero-order valence-electron chi connectivity index (χ0n) is 11.8. The summed E-state index contributed by atoms with van der Waals surface area (Å²) in [6, 6.07) is 6.85. The molecule has 3 N–H and O–H groups in total. The molecule has 0 saturated carbocycles. The number of likely N-dealkylation sites (tertiary alicyclic amines) is 1. The van der Waals surface area contributed by atoms with E-state index in [9.17, 15) is 9.59 Å². The molecule has 1 heterocycles. The molecule has 1 saturated heterocycles. The van der Waals surface area contributed by atoms with E-state index in [1.54, 1.807) is 31.2 Å². The zero-order valence-corrected chi connectivity index (χ0v) is 11.8. The Morgan fingerprint density at radius 3 is 2.40 bits per heavy atom. The fraction of sp³-hybridized carbons (Fsp3) is 0.467. The molecular formula is C15H21N3O2. The number of anilines is 1. The van der Waals surface area contributed by atoms with Gasteiger partial charge in [0, 0.05) is 36.8 Å². The largest absolute Gasteiger partial charge is 0.339 e. The van der Waals surface area contributed by atoms with Crippen molar-refractivity contribution in [2.75, 3.05) is 18.4 Å². The molecule has 2 rings (SSSR count). The maximum Gasteiger partial charge on any atom is 0.253 e. The van der Waals surface area contributed by atoms with E-state index in [0.29, 0.717) is 11.3 Å². The van der Waals surface area contributed by atoms with Crippen molar-refractivity contribution >= 4 is 17.5 Å². The third-order valence-electron chi connectivity index (χ3n) is 3.32. The Labute approximate surface area is 119 Å². The van der Waals surface area contributed by atoms with Crippen molar-refractivity contribution in [3.63, 3.8) is 0 Å². The highest BCUT2D eigenvalue weighted by Crippen LogP contribution is 2.15. The lowest BCUT2D eigenvalue weighted by atomic mass is 10.1. The van der Waals surface area contributed by atoms with Gasteiger partial charge in [-0.05, 0) is 44.0 Å². The highest BCUT2D eigenvalue weighted by molar-refractivity contribution is 5.96. The van der Waals surface area contributed by atoms with Crippen molar-refractivity contribution in [3.8, 4) is 0 Å². The number of nitrogens with zero attached hydrogens (tertiary/aromatic N) is 1. The molecule has 1 aliphatic heterocycles. The van der Waals surface area contributed by atoms with Crippen LogP contribution in [0.15, 0.2) is 24.3 Å². The van der Waals surface area contributed by atoms with E-state index in [0.717, 1.165) is 25.9 Å². The third kappa shape index (κ3) is 3.81. The van der Waals surface area contributed by atoms with Gasteiger partial charge in [-0.25, -0.2) is 0 Å². The monoisotopic (exact) mass is 275 g/mol. The maximum atomic E-state index is 12.1. The Kier molecular flexibility index (Phi) is 4.74. The lowest BCUT2D eigenvalue weighted by Crippen LogP contribution is -2.27. The highest BCUT2D eigenvalue weighted by atomic mass is 16.2. The Balaban J connectivity index is 1.95. The molecule has 1 aromatic carbocycles. The number of hydrogen-bond donors (Lipinski definition) is 2. The van der Waals surface area contributed by atoms with Crippen molar-refractivity contribution in [1.82, 2.24) is 4.90 Å². The molecule has 20 heavy (non-hydrogen) atoms. The Hall–Kier alpha value is -1.88. The summed E-state index contributed by atoms with van der Waals surface area (Å²) in [6.07, 6.45) is 2.45. The molecule has 5 heteroatoms. The summed E-state index contributed by atoms with van der Waals surface area (Å²) in [5.74, 6) is -0.0467. The van der Waals surface area contributed by atoms with Gasteiger partial charge in [-0.15, -0.1) is 0 Å². The van der Waals surface area contributed by atoms with E-state index in [-0.39, 0.29) is 24.3 Å². The van der Waals surface area contributed by atoms with E-state index < -0.39 is 0 Å². The fourth-order valence-electron chi connectivity index (χ4n) is 2.30. The van der Waals surface area contributed by atoms with Crippen LogP contribution in [0.5, 0.6) is 0 Å². The fourth-order valence-corrected chi connectivity index (χ4v) is 2.30. The van der Waals surface area contributed by atoms with Crippen molar-refractivity contribution in [2.45, 2.75) is 32.2 Å². The van der Waals surface area contributed by atoms with Gasteiger partial charge in [0.2, 0.25) is 5.91 Å². The summed E-state index contributed by atoms with van der Waals surface area (Å²) in [5.41, 5.74) is 6.92. The number of carbonyl (C=O) groups is 2. The van der Waals surface area contributed by atoms with Crippen LogP contribution >= 0.6 is 0 Å². The first-order valence-electron chi connectivity index (χ1n) is 7.01. The second-order valence-electron chi connectivity index (χ2n) is 5.31. The average molecular weight is 275 g/mol. The number of amides is 2. The van der Waals surface area contributed by atoms with Crippen molar-refractivity contribution in [3.05, 3.63) is 29.8 Å². The Morgan fingerprint density at radius 2 is 1.85 bits per heavy atom. The second-order valence-corrected chi connectivity index (χ2v) is 5.31. The summed E-state index contributed by atoms with van der Waals surface area (Å²) >= 11 is 0. The summed E-state index contributed by atoms with van der Waals surface area (Å²) in [4.78, 5) is 25.6. The van der Waals surface area contributed by atoms with E-state index in [1.807, 2.05) is 4.90 Å². The molecule has 1 unspecified atom stereocenters. The lowest BCUT2D eigenvalue weighted by molar-refractivity contribution is -0.116. The highest BCUT2D eigenvalue weighted by Gasteiger charge is 2.19. The zero-order chi connectivity index (χ0) is 14.5. The molecule has 1 aliphatic rings. The maximum absolute atomic E-state index is 12.1. The van der Waals surface area contributed by atoms with E-state index in [1.165, 1.54) is 0 Å². The van der Waals surface area contributed by atoms with E-state index in [2.05, 4.69) is 5.32 Å². The van der Waals surface area contributed by atoms with Gasteiger partial charge in [-0.3, -0.25) is 9.59 Å². The number of rotatable bonds is 4. The summed E-state index contributed by atoms with van der Waals surface area (Å²) in [7, 11) is 0. The predicted molar refractivity (Wildman–Crippen MR) is 78.5 cm³/mol. The van der Waals surface area contributed by atoms with E-state index >= 15 is 0 Å². The minimum atomic E-state index is -0.161. The number of benzene rings is 1. The van der Waals surface area contributed by atoms with Crippen LogP contribution in [0.3, 0.4) is 0 Å². The van der Waals surface area contributed by atoms with E-state index in [4.69, 9.17) is 5.73 Å². The Bertz CT molecular complexity index is 476. The molecule has 2 amide bonds. The van der Waals surface area contributed by atoms with Gasteiger partial charge < -0.3 is 16.0 Å².